The van der Waals surface area contributed by atoms with E-state index in [0.29, 0.717) is 0 Å². The van der Waals surface area contributed by atoms with Crippen LogP contribution in [0, 0.1) is 0 Å². The number of hydrogen-bond donors (Lipinski definition) is 1. The van der Waals surface area contributed by atoms with E-state index in [1.165, 1.54) is 10.6 Å². The second kappa shape index (κ2) is 2.56. The van der Waals surface area contributed by atoms with Gasteiger partial charge in [0.25, 0.3) is 0 Å². The fraction of sp³-hybridized carbons (Fsp3) is 0.778. The lowest BCUT2D eigenvalue weighted by Gasteiger charge is -2.36. The molecule has 70 valence electrons. The van der Waals surface area contributed by atoms with Gasteiger partial charge >= 0.3 is 0 Å². The molecule has 1 heterocycles. The Bertz CT molecular complexity index is 219. The maximum Gasteiger partial charge on any atom is 0.0727 e. The molecule has 0 amide bonds. The van der Waals surface area contributed by atoms with Crippen molar-refractivity contribution in [1.82, 2.24) is 5.06 Å². The van der Waals surface area contributed by atoms with Gasteiger partial charge in [-0.05, 0) is 40.2 Å². The Labute approximate surface area is 82.3 Å². The zero-order chi connectivity index (χ0) is 9.73. The van der Waals surface area contributed by atoms with E-state index >= 15 is 0 Å². The first-order valence-corrected chi connectivity index (χ1v) is 4.88. The minimum Gasteiger partial charge on any atom is -0.312 e. The Kier molecular flexibility index (Phi) is 2.18. The van der Waals surface area contributed by atoms with Gasteiger partial charge in [0.1, 0.15) is 0 Å². The van der Waals surface area contributed by atoms with E-state index < -0.39 is 0 Å². The average molecular weight is 234 g/mol. The number of nitrogens with zero attached hydrogens (tertiary/aromatic N) is 1. The number of hydrogen-bond acceptors (Lipinski definition) is 2. The summed E-state index contributed by atoms with van der Waals surface area (Å²) in [4.78, 5) is 0. The summed E-state index contributed by atoms with van der Waals surface area (Å²) in [6, 6.07) is 0. The van der Waals surface area contributed by atoms with Gasteiger partial charge in [-0.1, -0.05) is 15.9 Å². The van der Waals surface area contributed by atoms with E-state index in [1.807, 2.05) is 34.6 Å². The van der Waals surface area contributed by atoms with Crippen LogP contribution in [0.1, 0.15) is 34.6 Å². The van der Waals surface area contributed by atoms with E-state index in [9.17, 15) is 5.21 Å². The van der Waals surface area contributed by atoms with Gasteiger partial charge in [-0.15, -0.1) is 0 Å². The summed E-state index contributed by atoms with van der Waals surface area (Å²) in [6.45, 7) is 10.1. The normalized spacial score (nSPS) is 28.2. The third-order valence-electron chi connectivity index (χ3n) is 2.84. The molecule has 0 saturated heterocycles. The molecule has 1 aliphatic rings. The van der Waals surface area contributed by atoms with Crippen molar-refractivity contribution in [2.75, 3.05) is 0 Å². The summed E-state index contributed by atoms with van der Waals surface area (Å²) in [5, 5.41) is 11.3. The van der Waals surface area contributed by atoms with E-state index in [2.05, 4.69) is 15.9 Å². The van der Waals surface area contributed by atoms with Crippen molar-refractivity contribution < 1.29 is 5.21 Å². The quantitative estimate of drug-likeness (QED) is 0.696. The van der Waals surface area contributed by atoms with Crippen molar-refractivity contribution in [3.05, 3.63) is 10.1 Å². The molecule has 3 heteroatoms. The van der Waals surface area contributed by atoms with E-state index in [4.69, 9.17) is 0 Å². The molecule has 0 aromatic rings. The summed E-state index contributed by atoms with van der Waals surface area (Å²) in [5.41, 5.74) is 0.630. The first-order chi connectivity index (χ1) is 5.22. The molecular formula is C9H16BrNO. The maximum absolute atomic E-state index is 9.89. The summed E-state index contributed by atoms with van der Waals surface area (Å²) in [7, 11) is 0. The van der Waals surface area contributed by atoms with Crippen molar-refractivity contribution in [2.24, 2.45) is 0 Å². The van der Waals surface area contributed by atoms with Crippen LogP contribution in [0.2, 0.25) is 0 Å². The van der Waals surface area contributed by atoms with E-state index in [1.54, 1.807) is 0 Å². The number of hydroxylamine groups is 2. The zero-order valence-electron chi connectivity index (χ0n) is 8.27. The van der Waals surface area contributed by atoms with Gasteiger partial charge < -0.3 is 5.21 Å². The molecule has 0 radical (unpaired) electrons. The molecule has 0 aliphatic carbocycles. The number of rotatable bonds is 0. The molecule has 0 spiro atoms. The van der Waals surface area contributed by atoms with Gasteiger partial charge in [-0.2, -0.15) is 5.06 Å². The Morgan fingerprint density at radius 1 is 1.17 bits per heavy atom. The maximum atomic E-state index is 9.89. The SMILES string of the molecule is CC1=C(Br)C(C)(C)N(O)C1(C)C. The first-order valence-electron chi connectivity index (χ1n) is 4.09. The summed E-state index contributed by atoms with van der Waals surface area (Å²) >= 11 is 3.52. The lowest BCUT2D eigenvalue weighted by Crippen LogP contribution is -2.48. The van der Waals surface area contributed by atoms with Crippen LogP contribution in [0.3, 0.4) is 0 Å². The summed E-state index contributed by atoms with van der Waals surface area (Å²) < 4.78 is 1.09. The molecule has 0 atom stereocenters. The van der Waals surface area contributed by atoms with Crippen molar-refractivity contribution >= 4 is 15.9 Å². The molecule has 0 aromatic carbocycles. The lowest BCUT2D eigenvalue weighted by atomic mass is 9.99. The Hall–Kier alpha value is 0.140. The van der Waals surface area contributed by atoms with Crippen LogP contribution < -0.4 is 0 Å². The number of halogens is 1. The van der Waals surface area contributed by atoms with Crippen LogP contribution in [-0.4, -0.2) is 21.3 Å². The highest BCUT2D eigenvalue weighted by Gasteiger charge is 2.48. The molecule has 1 aliphatic heterocycles. The fourth-order valence-electron chi connectivity index (χ4n) is 1.68. The molecule has 0 bridgehead atoms. The lowest BCUT2D eigenvalue weighted by molar-refractivity contribution is -0.185. The molecule has 0 aromatic heterocycles. The minimum absolute atomic E-state index is 0.262. The molecule has 1 N–H and O–H groups in total. The van der Waals surface area contributed by atoms with Gasteiger partial charge in [0.15, 0.2) is 0 Å². The average Bonchev–Trinajstić information content (AvgIpc) is 2.06. The second-order valence-corrected chi connectivity index (χ2v) is 5.16. The van der Waals surface area contributed by atoms with Gasteiger partial charge in [-0.3, -0.25) is 0 Å². The topological polar surface area (TPSA) is 23.5 Å². The Morgan fingerprint density at radius 3 is 1.67 bits per heavy atom. The predicted octanol–water partition coefficient (Wildman–Crippen LogP) is 2.92. The second-order valence-electron chi connectivity index (χ2n) is 4.37. The van der Waals surface area contributed by atoms with Gasteiger partial charge in [0, 0.05) is 4.48 Å². The Morgan fingerprint density at radius 2 is 1.58 bits per heavy atom. The monoisotopic (exact) mass is 233 g/mol. The van der Waals surface area contributed by atoms with Crippen molar-refractivity contribution in [3.63, 3.8) is 0 Å². The van der Waals surface area contributed by atoms with E-state index in [0.717, 1.165) is 4.48 Å². The smallest absolute Gasteiger partial charge is 0.0727 e. The molecule has 0 saturated carbocycles. The van der Waals surface area contributed by atoms with Crippen LogP contribution in [0.15, 0.2) is 10.1 Å². The molecule has 0 fully saturated rings. The molecule has 12 heavy (non-hydrogen) atoms. The molecule has 0 unspecified atom stereocenters. The van der Waals surface area contributed by atoms with Crippen LogP contribution in [0.4, 0.5) is 0 Å². The van der Waals surface area contributed by atoms with Gasteiger partial charge in [0.2, 0.25) is 0 Å². The van der Waals surface area contributed by atoms with Crippen LogP contribution in [0.5, 0.6) is 0 Å². The van der Waals surface area contributed by atoms with E-state index in [-0.39, 0.29) is 11.1 Å². The van der Waals surface area contributed by atoms with Crippen molar-refractivity contribution in [1.29, 1.82) is 0 Å². The van der Waals surface area contributed by atoms with Gasteiger partial charge in [0.05, 0.1) is 11.1 Å². The first kappa shape index (κ1) is 10.2. The minimum atomic E-state index is -0.298. The Balaban J connectivity index is 3.22. The zero-order valence-corrected chi connectivity index (χ0v) is 9.86. The van der Waals surface area contributed by atoms with Crippen LogP contribution >= 0.6 is 15.9 Å². The molecular weight excluding hydrogens is 218 g/mol. The molecule has 1 rings (SSSR count). The standard InChI is InChI=1S/C9H16BrNO/c1-6-7(10)9(4,5)11(12)8(6,2)3/h12H,1-5H3. The largest absolute Gasteiger partial charge is 0.312 e. The van der Waals surface area contributed by atoms with Crippen LogP contribution in [-0.2, 0) is 0 Å². The highest BCUT2D eigenvalue weighted by atomic mass is 79.9. The third-order valence-corrected chi connectivity index (χ3v) is 4.41. The predicted molar refractivity (Wildman–Crippen MR) is 53.4 cm³/mol. The highest BCUT2D eigenvalue weighted by Crippen LogP contribution is 2.45. The van der Waals surface area contributed by atoms with Gasteiger partial charge in [-0.25, -0.2) is 0 Å². The van der Waals surface area contributed by atoms with Crippen molar-refractivity contribution in [2.45, 2.75) is 45.7 Å². The third kappa shape index (κ3) is 1.07. The molecule has 2 nitrogen and oxygen atoms in total. The van der Waals surface area contributed by atoms with Crippen molar-refractivity contribution in [3.8, 4) is 0 Å². The highest BCUT2D eigenvalue weighted by molar-refractivity contribution is 9.11. The fourth-order valence-corrected chi connectivity index (χ4v) is 2.33. The van der Waals surface area contributed by atoms with Crippen LogP contribution in [0.25, 0.3) is 0 Å². The summed E-state index contributed by atoms with van der Waals surface area (Å²) in [6.07, 6.45) is 0. The summed E-state index contributed by atoms with van der Waals surface area (Å²) in [5.74, 6) is 0.